The van der Waals surface area contributed by atoms with Crippen LogP contribution in [0.25, 0.3) is 0 Å². The molecule has 0 aromatic heterocycles. The fourth-order valence-electron chi connectivity index (χ4n) is 1.08. The summed E-state index contributed by atoms with van der Waals surface area (Å²) in [6.45, 7) is 5.32. The summed E-state index contributed by atoms with van der Waals surface area (Å²) >= 11 is 0. The molecule has 92 valence electrons. The lowest BCUT2D eigenvalue weighted by Crippen LogP contribution is -2.40. The Morgan fingerprint density at radius 1 is 1.29 bits per heavy atom. The van der Waals surface area contributed by atoms with Crippen molar-refractivity contribution >= 4 is 17.7 Å². The van der Waals surface area contributed by atoms with Gasteiger partial charge >= 0.3 is 6.09 Å². The lowest BCUT2D eigenvalue weighted by molar-refractivity contribution is 0.0562. The summed E-state index contributed by atoms with van der Waals surface area (Å²) in [5, 5.41) is 2.35. The first-order valence-corrected chi connectivity index (χ1v) is 5.26. The van der Waals surface area contributed by atoms with Gasteiger partial charge < -0.3 is 10.5 Å². The zero-order valence-electron chi connectivity index (χ0n) is 10.2. The van der Waals surface area contributed by atoms with Gasteiger partial charge in [0, 0.05) is 0 Å². The van der Waals surface area contributed by atoms with Crippen LogP contribution in [-0.4, -0.2) is 17.7 Å². The van der Waals surface area contributed by atoms with Gasteiger partial charge in [-0.05, 0) is 32.9 Å². The number of guanidine groups is 1. The van der Waals surface area contributed by atoms with Gasteiger partial charge in [0.2, 0.25) is 5.96 Å². The third-order valence-corrected chi connectivity index (χ3v) is 1.63. The van der Waals surface area contributed by atoms with Crippen LogP contribution in [0.4, 0.5) is 10.5 Å². The number of nitrogens with zero attached hydrogens (tertiary/aromatic N) is 1. The van der Waals surface area contributed by atoms with Crippen LogP contribution in [0.3, 0.4) is 0 Å². The van der Waals surface area contributed by atoms with Crippen molar-refractivity contribution in [3.63, 3.8) is 0 Å². The fraction of sp³-hybridized carbons (Fsp3) is 0.333. The smallest absolute Gasteiger partial charge is 0.414 e. The van der Waals surface area contributed by atoms with Crippen LogP contribution in [-0.2, 0) is 4.74 Å². The molecule has 5 nitrogen and oxygen atoms in total. The Morgan fingerprint density at radius 3 is 2.41 bits per heavy atom. The molecule has 0 aliphatic carbocycles. The van der Waals surface area contributed by atoms with E-state index in [1.165, 1.54) is 0 Å². The van der Waals surface area contributed by atoms with Gasteiger partial charge in [0.15, 0.2) is 0 Å². The predicted octanol–water partition coefficient (Wildman–Crippen LogP) is 2.16. The number of nitrogens with one attached hydrogen (secondary N) is 1. The molecule has 3 N–H and O–H groups in total. The van der Waals surface area contributed by atoms with Gasteiger partial charge in [-0.2, -0.15) is 0 Å². The maximum Gasteiger partial charge on any atom is 0.414 e. The number of ether oxygens (including phenoxy) is 1. The minimum atomic E-state index is -0.616. The van der Waals surface area contributed by atoms with Crippen LogP contribution in [0.2, 0.25) is 0 Å². The predicted molar refractivity (Wildman–Crippen MR) is 67.1 cm³/mol. The largest absolute Gasteiger partial charge is 0.444 e. The number of carbonyl (C=O) groups excluding carboxylic acids is 1. The standard InChI is InChI=1S/C12H17N3O2/c1-12(2,3)17-11(16)15-10(13)14-9-7-5-4-6-8-9/h4-8H,1-3H3,(H3,13,14,15,16). The van der Waals surface area contributed by atoms with Crippen molar-refractivity contribution < 1.29 is 9.53 Å². The maximum absolute atomic E-state index is 11.4. The quantitative estimate of drug-likeness (QED) is 0.578. The molecule has 0 atom stereocenters. The summed E-state index contributed by atoms with van der Waals surface area (Å²) in [5.41, 5.74) is 5.67. The van der Waals surface area contributed by atoms with E-state index >= 15 is 0 Å². The molecular weight excluding hydrogens is 218 g/mol. The number of hydrogen-bond acceptors (Lipinski definition) is 3. The number of hydrogen-bond donors (Lipinski definition) is 2. The minimum absolute atomic E-state index is 0.00505. The SMILES string of the molecule is CC(C)(C)OC(=O)NC(N)=Nc1ccccc1. The normalized spacial score (nSPS) is 12.1. The molecule has 0 bridgehead atoms. The first-order chi connectivity index (χ1) is 7.87. The van der Waals surface area contributed by atoms with E-state index in [0.717, 1.165) is 0 Å². The average molecular weight is 235 g/mol. The van der Waals surface area contributed by atoms with E-state index in [1.807, 2.05) is 18.2 Å². The van der Waals surface area contributed by atoms with E-state index < -0.39 is 11.7 Å². The summed E-state index contributed by atoms with van der Waals surface area (Å²) in [6, 6.07) is 9.10. The number of nitrogens with two attached hydrogens (primary N) is 1. The van der Waals surface area contributed by atoms with Crippen molar-refractivity contribution in [3.05, 3.63) is 30.3 Å². The fourth-order valence-corrected chi connectivity index (χ4v) is 1.08. The number of carbonyl (C=O) groups is 1. The topological polar surface area (TPSA) is 76.7 Å². The monoisotopic (exact) mass is 235 g/mol. The Balaban J connectivity index is 2.58. The average Bonchev–Trinajstić information content (AvgIpc) is 2.15. The summed E-state index contributed by atoms with van der Waals surface area (Å²) in [6.07, 6.45) is -0.616. The van der Waals surface area contributed by atoms with Crippen LogP contribution in [0.1, 0.15) is 20.8 Å². The highest BCUT2D eigenvalue weighted by Gasteiger charge is 2.16. The number of alkyl carbamates (subject to hydrolysis) is 1. The summed E-state index contributed by atoms with van der Waals surface area (Å²) in [5.74, 6) is 0.00505. The molecule has 5 heteroatoms. The molecule has 1 rings (SSSR count). The second-order valence-electron chi connectivity index (χ2n) is 4.46. The summed E-state index contributed by atoms with van der Waals surface area (Å²) < 4.78 is 5.04. The van der Waals surface area contributed by atoms with Gasteiger partial charge in [-0.3, -0.25) is 5.32 Å². The molecule has 0 heterocycles. The summed E-state index contributed by atoms with van der Waals surface area (Å²) in [4.78, 5) is 15.4. The second-order valence-corrected chi connectivity index (χ2v) is 4.46. The van der Waals surface area contributed by atoms with E-state index in [2.05, 4.69) is 10.3 Å². The van der Waals surface area contributed by atoms with E-state index in [9.17, 15) is 4.79 Å². The Hall–Kier alpha value is -2.04. The molecule has 17 heavy (non-hydrogen) atoms. The van der Waals surface area contributed by atoms with E-state index in [-0.39, 0.29) is 5.96 Å². The van der Waals surface area contributed by atoms with Crippen LogP contribution in [0.15, 0.2) is 35.3 Å². The van der Waals surface area contributed by atoms with Crippen molar-refractivity contribution in [3.8, 4) is 0 Å². The first-order valence-electron chi connectivity index (χ1n) is 5.26. The van der Waals surface area contributed by atoms with Crippen molar-refractivity contribution in [1.82, 2.24) is 5.32 Å². The van der Waals surface area contributed by atoms with E-state index in [1.54, 1.807) is 32.9 Å². The van der Waals surface area contributed by atoms with Crippen LogP contribution >= 0.6 is 0 Å². The molecule has 1 aromatic rings. The number of rotatable bonds is 1. The Kier molecular flexibility index (Phi) is 4.09. The molecule has 0 saturated heterocycles. The molecule has 0 aliphatic rings. The summed E-state index contributed by atoms with van der Waals surface area (Å²) in [7, 11) is 0. The van der Waals surface area contributed by atoms with E-state index in [0.29, 0.717) is 5.69 Å². The van der Waals surface area contributed by atoms with Gasteiger partial charge in [-0.15, -0.1) is 0 Å². The van der Waals surface area contributed by atoms with Crippen molar-refractivity contribution in [2.45, 2.75) is 26.4 Å². The van der Waals surface area contributed by atoms with Crippen LogP contribution < -0.4 is 11.1 Å². The number of amides is 1. The zero-order chi connectivity index (χ0) is 12.9. The highest BCUT2D eigenvalue weighted by molar-refractivity contribution is 5.94. The highest BCUT2D eigenvalue weighted by atomic mass is 16.6. The van der Waals surface area contributed by atoms with Gasteiger partial charge in [0.05, 0.1) is 5.69 Å². The number of aliphatic imine (C=N–C) groups is 1. The van der Waals surface area contributed by atoms with Gasteiger partial charge in [0.25, 0.3) is 0 Å². The van der Waals surface area contributed by atoms with Crippen molar-refractivity contribution in [1.29, 1.82) is 0 Å². The van der Waals surface area contributed by atoms with Crippen molar-refractivity contribution in [2.24, 2.45) is 10.7 Å². The maximum atomic E-state index is 11.4. The van der Waals surface area contributed by atoms with Gasteiger partial charge in [-0.25, -0.2) is 9.79 Å². The number of benzene rings is 1. The molecular formula is C12H17N3O2. The van der Waals surface area contributed by atoms with Crippen LogP contribution in [0, 0.1) is 0 Å². The van der Waals surface area contributed by atoms with Crippen molar-refractivity contribution in [2.75, 3.05) is 0 Å². The minimum Gasteiger partial charge on any atom is -0.444 e. The Morgan fingerprint density at radius 2 is 1.88 bits per heavy atom. The second kappa shape index (κ2) is 5.34. The lowest BCUT2D eigenvalue weighted by atomic mass is 10.2. The first kappa shape index (κ1) is 13.0. The Bertz CT molecular complexity index is 408. The highest BCUT2D eigenvalue weighted by Crippen LogP contribution is 2.09. The third kappa shape index (κ3) is 5.55. The molecule has 0 fully saturated rings. The molecule has 0 radical (unpaired) electrons. The number of para-hydroxylation sites is 1. The van der Waals surface area contributed by atoms with Gasteiger partial charge in [0.1, 0.15) is 5.60 Å². The van der Waals surface area contributed by atoms with Gasteiger partial charge in [-0.1, -0.05) is 18.2 Å². The molecule has 1 aromatic carbocycles. The molecule has 0 aliphatic heterocycles. The molecule has 0 unspecified atom stereocenters. The van der Waals surface area contributed by atoms with E-state index in [4.69, 9.17) is 10.5 Å². The van der Waals surface area contributed by atoms with Crippen LogP contribution in [0.5, 0.6) is 0 Å². The lowest BCUT2D eigenvalue weighted by Gasteiger charge is -2.19. The molecule has 0 saturated carbocycles. The molecule has 1 amide bonds. The zero-order valence-corrected chi connectivity index (χ0v) is 10.2. The third-order valence-electron chi connectivity index (χ3n) is 1.63. The Labute approximate surface area is 101 Å². The molecule has 0 spiro atoms.